The summed E-state index contributed by atoms with van der Waals surface area (Å²) in [4.78, 5) is 0. The van der Waals surface area contributed by atoms with Gasteiger partial charge in [0.2, 0.25) is 0 Å². The van der Waals surface area contributed by atoms with Crippen LogP contribution in [0.5, 0.6) is 0 Å². The van der Waals surface area contributed by atoms with Gasteiger partial charge >= 0.3 is 0 Å². The van der Waals surface area contributed by atoms with Crippen molar-refractivity contribution in [1.29, 1.82) is 0 Å². The van der Waals surface area contributed by atoms with E-state index in [4.69, 9.17) is 4.42 Å². The smallest absolute Gasteiger partial charge is 0.140 e. The number of furan rings is 1. The normalized spacial score (nSPS) is 13.3. The van der Waals surface area contributed by atoms with Gasteiger partial charge in [0.15, 0.2) is 0 Å². The van der Waals surface area contributed by atoms with Crippen LogP contribution in [0.25, 0.3) is 98.8 Å². The fraction of sp³-hybridized carbons (Fsp3) is 0.0588. The maximum atomic E-state index is 6.73. The fourth-order valence-electron chi connectivity index (χ4n) is 9.25. The van der Waals surface area contributed by atoms with E-state index < -0.39 is 0 Å². The first-order valence-corrected chi connectivity index (χ1v) is 18.2. The van der Waals surface area contributed by atoms with Crippen LogP contribution in [-0.2, 0) is 5.41 Å². The Morgan fingerprint density at radius 1 is 0.404 bits per heavy atom. The minimum absolute atomic E-state index is 0.220. The van der Waals surface area contributed by atoms with Crippen molar-refractivity contribution in [2.45, 2.75) is 19.3 Å². The second-order valence-electron chi connectivity index (χ2n) is 14.8. The van der Waals surface area contributed by atoms with Gasteiger partial charge in [-0.05, 0) is 101 Å². The van der Waals surface area contributed by atoms with E-state index in [1.807, 2.05) is 0 Å². The molecular weight excluding hydrogens is 629 g/mol. The Labute approximate surface area is 302 Å². The van der Waals surface area contributed by atoms with Crippen molar-refractivity contribution >= 4 is 54.3 Å². The van der Waals surface area contributed by atoms with Crippen molar-refractivity contribution in [3.63, 3.8) is 0 Å². The summed E-state index contributed by atoms with van der Waals surface area (Å²) in [5.74, 6) is 0. The average molecular weight is 663 g/mol. The Kier molecular flexibility index (Phi) is 6.08. The highest BCUT2D eigenvalue weighted by Crippen LogP contribution is 2.54. The Balaban J connectivity index is 1.03. The van der Waals surface area contributed by atoms with Crippen molar-refractivity contribution in [3.05, 3.63) is 181 Å². The van der Waals surface area contributed by atoms with Gasteiger partial charge in [0.25, 0.3) is 0 Å². The van der Waals surface area contributed by atoms with E-state index in [0.29, 0.717) is 0 Å². The second-order valence-corrected chi connectivity index (χ2v) is 14.8. The van der Waals surface area contributed by atoms with Crippen LogP contribution in [-0.4, -0.2) is 0 Å². The zero-order valence-electron chi connectivity index (χ0n) is 29.1. The topological polar surface area (TPSA) is 13.1 Å². The lowest BCUT2D eigenvalue weighted by Crippen LogP contribution is -2.15. The largest absolute Gasteiger partial charge is 0.456 e. The monoisotopic (exact) mass is 662 g/mol. The summed E-state index contributed by atoms with van der Waals surface area (Å²) in [6.45, 7) is 4.70. The quantitative estimate of drug-likeness (QED) is 0.172. The van der Waals surface area contributed by atoms with Gasteiger partial charge in [0.05, 0.1) is 0 Å². The highest BCUT2D eigenvalue weighted by Gasteiger charge is 2.39. The fourth-order valence-corrected chi connectivity index (χ4v) is 9.25. The predicted octanol–water partition coefficient (Wildman–Crippen LogP) is 14.4. The summed E-state index contributed by atoms with van der Waals surface area (Å²) in [7, 11) is 0. The summed E-state index contributed by atoms with van der Waals surface area (Å²) in [5, 5.41) is 9.98. The van der Waals surface area contributed by atoms with Crippen LogP contribution in [0.15, 0.2) is 174 Å². The Bertz CT molecular complexity index is 3010. The van der Waals surface area contributed by atoms with Crippen molar-refractivity contribution in [2.24, 2.45) is 0 Å². The Hall–Kier alpha value is -6.44. The third kappa shape index (κ3) is 4.05. The number of hydrogen-bond acceptors (Lipinski definition) is 1. The van der Waals surface area contributed by atoms with E-state index >= 15 is 0 Å². The molecule has 0 fully saturated rings. The highest BCUT2D eigenvalue weighted by atomic mass is 16.3. The molecule has 0 saturated heterocycles. The van der Waals surface area contributed by atoms with Crippen LogP contribution in [0, 0.1) is 0 Å². The van der Waals surface area contributed by atoms with Crippen LogP contribution in [0.2, 0.25) is 0 Å². The van der Waals surface area contributed by atoms with E-state index in [0.717, 1.165) is 11.2 Å². The molecule has 52 heavy (non-hydrogen) atoms. The first-order chi connectivity index (χ1) is 25.6. The summed E-state index contributed by atoms with van der Waals surface area (Å²) in [6, 6.07) is 62.2. The molecule has 0 amide bonds. The molecule has 1 heteroatoms. The molecule has 0 atom stereocenters. The molecule has 0 aliphatic heterocycles. The lowest BCUT2D eigenvalue weighted by molar-refractivity contribution is 0.620. The SMILES string of the molecule is CC1(C)c2cc(-c3ccc(-c4c5ccccc5c(-c5ccccc5)c5ccccc45)cc3)ccc2-c2ccc3c(oc4ccc5ccccc5c43)c21. The Morgan fingerprint density at radius 3 is 1.62 bits per heavy atom. The molecular formula is C51H34O. The van der Waals surface area contributed by atoms with Crippen LogP contribution in [0.1, 0.15) is 25.0 Å². The van der Waals surface area contributed by atoms with Crippen LogP contribution < -0.4 is 0 Å². The maximum absolute atomic E-state index is 6.73. The van der Waals surface area contributed by atoms with Crippen LogP contribution in [0.4, 0.5) is 0 Å². The molecule has 0 spiro atoms. The molecule has 0 radical (unpaired) electrons. The van der Waals surface area contributed by atoms with E-state index in [1.54, 1.807) is 0 Å². The molecule has 11 rings (SSSR count). The molecule has 0 bridgehead atoms. The number of rotatable bonds is 3. The molecule has 1 aliphatic rings. The maximum Gasteiger partial charge on any atom is 0.140 e. The van der Waals surface area contributed by atoms with Gasteiger partial charge in [-0.25, -0.2) is 0 Å². The van der Waals surface area contributed by atoms with Gasteiger partial charge in [-0.2, -0.15) is 0 Å². The molecule has 1 nitrogen and oxygen atoms in total. The third-order valence-corrected chi connectivity index (χ3v) is 11.6. The molecule has 0 N–H and O–H groups in total. The minimum Gasteiger partial charge on any atom is -0.456 e. The van der Waals surface area contributed by atoms with Crippen LogP contribution in [0.3, 0.4) is 0 Å². The summed E-state index contributed by atoms with van der Waals surface area (Å²) >= 11 is 0. The lowest BCUT2D eigenvalue weighted by atomic mass is 9.81. The van der Waals surface area contributed by atoms with Gasteiger partial charge in [-0.1, -0.05) is 166 Å². The summed E-state index contributed by atoms with van der Waals surface area (Å²) in [5.41, 5.74) is 14.4. The molecule has 0 saturated carbocycles. The van der Waals surface area contributed by atoms with Crippen molar-refractivity contribution < 1.29 is 4.42 Å². The average Bonchev–Trinajstić information content (AvgIpc) is 3.69. The lowest BCUT2D eigenvalue weighted by Gasteiger charge is -2.22. The van der Waals surface area contributed by atoms with E-state index in [2.05, 4.69) is 184 Å². The van der Waals surface area contributed by atoms with E-state index in [9.17, 15) is 0 Å². The van der Waals surface area contributed by atoms with Gasteiger partial charge in [-0.15, -0.1) is 0 Å². The molecule has 1 aromatic heterocycles. The summed E-state index contributed by atoms with van der Waals surface area (Å²) in [6.07, 6.45) is 0. The van der Waals surface area contributed by atoms with Crippen molar-refractivity contribution in [1.82, 2.24) is 0 Å². The van der Waals surface area contributed by atoms with Crippen molar-refractivity contribution in [3.8, 4) is 44.5 Å². The molecule has 1 heterocycles. The van der Waals surface area contributed by atoms with Gasteiger partial charge in [-0.3, -0.25) is 0 Å². The first-order valence-electron chi connectivity index (χ1n) is 18.2. The first kappa shape index (κ1) is 29.3. The van der Waals surface area contributed by atoms with Gasteiger partial charge in [0.1, 0.15) is 11.2 Å². The third-order valence-electron chi connectivity index (χ3n) is 11.6. The predicted molar refractivity (Wildman–Crippen MR) is 220 cm³/mol. The number of fused-ring (bicyclic) bond motifs is 11. The second kappa shape index (κ2) is 10.8. The molecule has 1 aliphatic carbocycles. The number of hydrogen-bond donors (Lipinski definition) is 0. The molecule has 244 valence electrons. The summed E-state index contributed by atoms with van der Waals surface area (Å²) < 4.78 is 6.73. The molecule has 10 aromatic rings. The van der Waals surface area contributed by atoms with Crippen LogP contribution >= 0.6 is 0 Å². The van der Waals surface area contributed by atoms with Gasteiger partial charge in [0, 0.05) is 21.8 Å². The van der Waals surface area contributed by atoms with Gasteiger partial charge < -0.3 is 4.42 Å². The van der Waals surface area contributed by atoms with Crippen molar-refractivity contribution in [2.75, 3.05) is 0 Å². The molecule has 0 unspecified atom stereocenters. The standard InChI is InChI=1S/C51H34O/c1-51(2)44-30-35(24-26-37(44)42-27-28-43-48-36-15-7-6-12-32(36)25-29-45(48)52-50(43)49(42)51)31-20-22-34(23-21-31)47-40-18-10-8-16-38(40)46(33-13-4-3-5-14-33)39-17-9-11-19-41(39)47/h3-30H,1-2H3. The highest BCUT2D eigenvalue weighted by molar-refractivity contribution is 6.22. The number of benzene rings is 9. The van der Waals surface area contributed by atoms with E-state index in [-0.39, 0.29) is 5.41 Å². The van der Waals surface area contributed by atoms with E-state index in [1.165, 1.54) is 98.7 Å². The zero-order valence-corrected chi connectivity index (χ0v) is 29.1. The minimum atomic E-state index is -0.220. The Morgan fingerprint density at radius 2 is 0.942 bits per heavy atom. The molecule has 9 aromatic carbocycles. The zero-order chi connectivity index (χ0) is 34.6.